The van der Waals surface area contributed by atoms with Gasteiger partial charge in [-0.2, -0.15) is 0 Å². The van der Waals surface area contributed by atoms with E-state index in [0.717, 1.165) is 22.0 Å². The van der Waals surface area contributed by atoms with Gasteiger partial charge in [0.1, 0.15) is 0 Å². The molecule has 2 nitrogen and oxygen atoms in total. The zero-order chi connectivity index (χ0) is 14.3. The van der Waals surface area contributed by atoms with Crippen molar-refractivity contribution in [1.82, 2.24) is 4.98 Å². The summed E-state index contributed by atoms with van der Waals surface area (Å²) in [4.78, 5) is 8.87. The van der Waals surface area contributed by atoms with E-state index in [1.54, 1.807) is 17.6 Å². The van der Waals surface area contributed by atoms with E-state index in [1.165, 1.54) is 0 Å². The molecule has 0 saturated heterocycles. The lowest BCUT2D eigenvalue weighted by Gasteiger charge is -1.92. The highest BCUT2D eigenvalue weighted by Gasteiger charge is 2.01. The van der Waals surface area contributed by atoms with Crippen LogP contribution in [0.4, 0.5) is 5.13 Å². The molecule has 1 aromatic heterocycles. The van der Waals surface area contributed by atoms with E-state index in [2.05, 4.69) is 34.2 Å². The Hall–Kier alpha value is -2.52. The molecule has 0 spiro atoms. The molecule has 0 saturated carbocycles. The normalized spacial score (nSPS) is 11.4. The van der Waals surface area contributed by atoms with Gasteiger partial charge in [-0.25, -0.2) is 9.98 Å². The first-order chi connectivity index (χ1) is 10.4. The van der Waals surface area contributed by atoms with Gasteiger partial charge in [0, 0.05) is 17.2 Å². The average molecular weight is 290 g/mol. The van der Waals surface area contributed by atoms with Gasteiger partial charge in [0.2, 0.25) is 5.13 Å². The Bertz CT molecular complexity index is 743. The summed E-state index contributed by atoms with van der Waals surface area (Å²) < 4.78 is 0. The second-order valence-electron chi connectivity index (χ2n) is 4.43. The lowest BCUT2D eigenvalue weighted by atomic mass is 10.2. The molecule has 3 rings (SSSR count). The van der Waals surface area contributed by atoms with Gasteiger partial charge in [-0.1, -0.05) is 66.7 Å². The highest BCUT2D eigenvalue weighted by Crippen LogP contribution is 2.26. The number of hydrogen-bond donors (Lipinski definition) is 0. The van der Waals surface area contributed by atoms with Gasteiger partial charge < -0.3 is 0 Å². The Morgan fingerprint density at radius 1 is 0.905 bits per heavy atom. The molecule has 0 fully saturated rings. The highest BCUT2D eigenvalue weighted by atomic mass is 32.1. The minimum absolute atomic E-state index is 0.770. The third kappa shape index (κ3) is 3.74. The number of aliphatic imine (C=N–C) groups is 1. The van der Waals surface area contributed by atoms with Crippen LogP contribution in [0.15, 0.2) is 77.1 Å². The van der Waals surface area contributed by atoms with Crippen LogP contribution in [0.5, 0.6) is 0 Å². The highest BCUT2D eigenvalue weighted by molar-refractivity contribution is 7.13. The lowest BCUT2D eigenvalue weighted by molar-refractivity contribution is 1.36. The molecule has 1 heterocycles. The summed E-state index contributed by atoms with van der Waals surface area (Å²) in [6, 6.07) is 20.3. The van der Waals surface area contributed by atoms with Crippen LogP contribution >= 0.6 is 11.3 Å². The summed E-state index contributed by atoms with van der Waals surface area (Å²) in [7, 11) is 0. The van der Waals surface area contributed by atoms with E-state index in [4.69, 9.17) is 0 Å². The molecular formula is C18H14N2S. The van der Waals surface area contributed by atoms with Crippen LogP contribution in [-0.4, -0.2) is 11.2 Å². The minimum atomic E-state index is 0.770. The maximum absolute atomic E-state index is 4.51. The summed E-state index contributed by atoms with van der Waals surface area (Å²) in [6.07, 6.45) is 5.73. The first-order valence-corrected chi connectivity index (χ1v) is 7.56. The van der Waals surface area contributed by atoms with E-state index >= 15 is 0 Å². The van der Waals surface area contributed by atoms with Crippen LogP contribution in [0.1, 0.15) is 5.56 Å². The van der Waals surface area contributed by atoms with Crippen molar-refractivity contribution in [3.63, 3.8) is 0 Å². The Morgan fingerprint density at radius 3 is 2.38 bits per heavy atom. The predicted molar refractivity (Wildman–Crippen MR) is 91.2 cm³/mol. The molecule has 2 aromatic carbocycles. The largest absolute Gasteiger partial charge is 0.228 e. The predicted octanol–water partition coefficient (Wildman–Crippen LogP) is 5.23. The zero-order valence-corrected chi connectivity index (χ0v) is 12.2. The van der Waals surface area contributed by atoms with Crippen molar-refractivity contribution in [2.24, 2.45) is 4.99 Å². The maximum atomic E-state index is 4.51. The van der Waals surface area contributed by atoms with Crippen molar-refractivity contribution in [3.8, 4) is 11.3 Å². The molecule has 0 amide bonds. The zero-order valence-electron chi connectivity index (χ0n) is 11.4. The Kier molecular flexibility index (Phi) is 4.34. The molecule has 102 valence electrons. The molecule has 0 unspecified atom stereocenters. The van der Waals surface area contributed by atoms with E-state index in [9.17, 15) is 0 Å². The standard InChI is InChI=1S/C18H14N2S/c1-3-8-15(9-4-1)10-7-13-19-18-20-17(14-21-18)16-11-5-2-6-12-16/h1-14H/b10-7+,19-13-. The fourth-order valence-electron chi connectivity index (χ4n) is 1.89. The molecule has 0 aliphatic rings. The van der Waals surface area contributed by atoms with Crippen LogP contribution in [0.25, 0.3) is 17.3 Å². The van der Waals surface area contributed by atoms with E-state index < -0.39 is 0 Å². The van der Waals surface area contributed by atoms with Crippen molar-refractivity contribution in [2.75, 3.05) is 0 Å². The number of benzene rings is 2. The lowest BCUT2D eigenvalue weighted by Crippen LogP contribution is -1.75. The topological polar surface area (TPSA) is 25.2 Å². The quantitative estimate of drug-likeness (QED) is 0.604. The smallest absolute Gasteiger partial charge is 0.209 e. The van der Waals surface area contributed by atoms with Gasteiger partial charge >= 0.3 is 0 Å². The molecule has 0 aliphatic carbocycles. The molecule has 3 heteroatoms. The van der Waals surface area contributed by atoms with Gasteiger partial charge in [-0.3, -0.25) is 0 Å². The summed E-state index contributed by atoms with van der Waals surface area (Å²) in [6.45, 7) is 0. The number of aromatic nitrogens is 1. The minimum Gasteiger partial charge on any atom is -0.228 e. The van der Waals surface area contributed by atoms with Crippen LogP contribution in [-0.2, 0) is 0 Å². The van der Waals surface area contributed by atoms with Crippen LogP contribution in [0, 0.1) is 0 Å². The van der Waals surface area contributed by atoms with Gasteiger partial charge in [0.15, 0.2) is 0 Å². The van der Waals surface area contributed by atoms with Crippen molar-refractivity contribution >= 4 is 28.8 Å². The van der Waals surface area contributed by atoms with Crippen LogP contribution in [0.3, 0.4) is 0 Å². The number of thiazole rings is 1. The maximum Gasteiger partial charge on any atom is 0.209 e. The van der Waals surface area contributed by atoms with Gasteiger partial charge in [0.05, 0.1) is 5.69 Å². The fourth-order valence-corrected chi connectivity index (χ4v) is 2.57. The second kappa shape index (κ2) is 6.77. The summed E-state index contributed by atoms with van der Waals surface area (Å²) in [5, 5.41) is 2.80. The molecule has 21 heavy (non-hydrogen) atoms. The van der Waals surface area contributed by atoms with Crippen molar-refractivity contribution in [1.29, 1.82) is 0 Å². The molecule has 0 aliphatic heterocycles. The third-order valence-electron chi connectivity index (χ3n) is 2.92. The van der Waals surface area contributed by atoms with Crippen molar-refractivity contribution < 1.29 is 0 Å². The monoisotopic (exact) mass is 290 g/mol. The Morgan fingerprint density at radius 2 is 1.62 bits per heavy atom. The van der Waals surface area contributed by atoms with Crippen LogP contribution < -0.4 is 0 Å². The molecule has 0 bridgehead atoms. The van der Waals surface area contributed by atoms with E-state index in [1.807, 2.05) is 53.9 Å². The number of rotatable bonds is 4. The fraction of sp³-hybridized carbons (Fsp3) is 0. The molecule has 0 atom stereocenters. The number of nitrogens with zero attached hydrogens (tertiary/aromatic N) is 2. The summed E-state index contributed by atoms with van der Waals surface area (Å²) in [5.41, 5.74) is 3.25. The number of allylic oxidation sites excluding steroid dienone is 1. The van der Waals surface area contributed by atoms with Crippen molar-refractivity contribution in [3.05, 3.63) is 77.7 Å². The Labute approximate surface area is 128 Å². The van der Waals surface area contributed by atoms with E-state index in [-0.39, 0.29) is 0 Å². The first kappa shape index (κ1) is 13.5. The Balaban J connectivity index is 1.67. The molecular weight excluding hydrogens is 276 g/mol. The van der Waals surface area contributed by atoms with Gasteiger partial charge in [-0.15, -0.1) is 11.3 Å². The van der Waals surface area contributed by atoms with Crippen LogP contribution in [0.2, 0.25) is 0 Å². The molecule has 3 aromatic rings. The second-order valence-corrected chi connectivity index (χ2v) is 5.27. The third-order valence-corrected chi connectivity index (χ3v) is 3.67. The van der Waals surface area contributed by atoms with Gasteiger partial charge in [-0.05, 0) is 11.6 Å². The van der Waals surface area contributed by atoms with Gasteiger partial charge in [0.25, 0.3) is 0 Å². The number of hydrogen-bond acceptors (Lipinski definition) is 3. The first-order valence-electron chi connectivity index (χ1n) is 6.68. The van der Waals surface area contributed by atoms with Crippen molar-refractivity contribution in [2.45, 2.75) is 0 Å². The summed E-state index contributed by atoms with van der Waals surface area (Å²) in [5.74, 6) is 0. The van der Waals surface area contributed by atoms with E-state index in [0.29, 0.717) is 0 Å². The average Bonchev–Trinajstić information content (AvgIpc) is 3.02. The SMILES string of the molecule is C(/C=C/c1ccccc1)=N/c1nc(-c2ccccc2)cs1. The summed E-state index contributed by atoms with van der Waals surface area (Å²) >= 11 is 1.55. The molecule has 0 radical (unpaired) electrons. The molecule has 0 N–H and O–H groups in total.